The number of hydrogen-bond acceptors (Lipinski definition) is 3. The maximum Gasteiger partial charge on any atom is 0.205 e. The Morgan fingerprint density at radius 1 is 1.11 bits per heavy atom. The molecule has 3 nitrogen and oxygen atoms in total. The van der Waals surface area contributed by atoms with Crippen molar-refractivity contribution >= 4 is 17.1 Å². The average molecular weight is 361 g/mol. The van der Waals surface area contributed by atoms with Gasteiger partial charge in [-0.25, -0.2) is 0 Å². The first-order valence-corrected chi connectivity index (χ1v) is 10.3. The molecule has 1 aromatic heterocycles. The maximum absolute atomic E-state index is 12.5. The maximum atomic E-state index is 12.5. The quantitative estimate of drug-likeness (QED) is 0.541. The molecule has 1 aromatic rings. The minimum Gasteiger partial charge on any atom is -0.291 e. The van der Waals surface area contributed by atoms with E-state index in [0.29, 0.717) is 24.2 Å². The van der Waals surface area contributed by atoms with E-state index < -0.39 is 0 Å². The number of ketones is 2. The van der Waals surface area contributed by atoms with Crippen LogP contribution >= 0.6 is 0 Å². The Morgan fingerprint density at radius 3 is 2.74 bits per heavy atom. The number of carbonyl (C=O) groups is 2. The van der Waals surface area contributed by atoms with Crippen LogP contribution in [-0.2, 0) is 9.59 Å². The molecule has 27 heavy (non-hydrogen) atoms. The number of allylic oxidation sites excluding steroid dienone is 4. The van der Waals surface area contributed by atoms with Crippen molar-refractivity contribution in [3.05, 3.63) is 48.3 Å². The van der Waals surface area contributed by atoms with E-state index in [9.17, 15) is 9.59 Å². The van der Waals surface area contributed by atoms with E-state index in [-0.39, 0.29) is 28.3 Å². The molecule has 6 atom stereocenters. The lowest BCUT2D eigenvalue weighted by atomic mass is 9.46. The van der Waals surface area contributed by atoms with Crippen molar-refractivity contribution < 1.29 is 9.59 Å². The fourth-order valence-electron chi connectivity index (χ4n) is 6.87. The van der Waals surface area contributed by atoms with Gasteiger partial charge in [0.25, 0.3) is 0 Å². The summed E-state index contributed by atoms with van der Waals surface area (Å²) in [5.74, 6) is 1.07. The first kappa shape index (κ1) is 17.1. The van der Waals surface area contributed by atoms with Crippen LogP contribution in [0.15, 0.2) is 42.8 Å². The van der Waals surface area contributed by atoms with Gasteiger partial charge in [-0.05, 0) is 71.5 Å². The summed E-state index contributed by atoms with van der Waals surface area (Å²) >= 11 is 0. The molecule has 6 unspecified atom stereocenters. The lowest BCUT2D eigenvalue weighted by Crippen LogP contribution is -2.54. The minimum atomic E-state index is -0.198. The third kappa shape index (κ3) is 2.23. The van der Waals surface area contributed by atoms with Crippen molar-refractivity contribution in [2.45, 2.75) is 46.0 Å². The molecule has 0 N–H and O–H groups in total. The second-order valence-electron chi connectivity index (χ2n) is 9.50. The first-order chi connectivity index (χ1) is 12.9. The largest absolute Gasteiger partial charge is 0.291 e. The summed E-state index contributed by atoms with van der Waals surface area (Å²) in [7, 11) is 0. The number of nitrogens with zero attached hydrogens (tertiary/aromatic N) is 1. The fourth-order valence-corrected chi connectivity index (χ4v) is 6.87. The van der Waals surface area contributed by atoms with Crippen molar-refractivity contribution in [1.82, 2.24) is 4.98 Å². The monoisotopic (exact) mass is 361 g/mol. The van der Waals surface area contributed by atoms with Gasteiger partial charge in [0.2, 0.25) is 5.78 Å². The summed E-state index contributed by atoms with van der Waals surface area (Å²) in [4.78, 5) is 28.9. The number of carbonyl (C=O) groups excluding carboxylic acids is 2. The Hall–Kier alpha value is -2.03. The number of hydrogen-bond donors (Lipinski definition) is 0. The highest BCUT2D eigenvalue weighted by Crippen LogP contribution is 2.65. The number of pyridine rings is 1. The van der Waals surface area contributed by atoms with Crippen LogP contribution in [0.5, 0.6) is 0 Å². The lowest BCUT2D eigenvalue weighted by Gasteiger charge is -2.57. The normalized spacial score (nSPS) is 43.0. The Kier molecular flexibility index (Phi) is 3.63. The Balaban J connectivity index is 1.51. The highest BCUT2D eigenvalue weighted by molar-refractivity contribution is 6.39. The van der Waals surface area contributed by atoms with E-state index >= 15 is 0 Å². The molecule has 0 bridgehead atoms. The molecule has 3 heteroatoms. The number of aromatic nitrogens is 1. The molecule has 4 aliphatic carbocycles. The molecular weight excluding hydrogens is 334 g/mol. The third-order valence-electron chi connectivity index (χ3n) is 8.42. The summed E-state index contributed by atoms with van der Waals surface area (Å²) in [6.07, 6.45) is 15.3. The van der Waals surface area contributed by atoms with Gasteiger partial charge in [0, 0.05) is 24.7 Å². The number of rotatable bonds is 1. The second kappa shape index (κ2) is 5.73. The predicted octanol–water partition coefficient (Wildman–Crippen LogP) is 4.64. The predicted molar refractivity (Wildman–Crippen MR) is 105 cm³/mol. The zero-order valence-electron chi connectivity index (χ0n) is 16.2. The van der Waals surface area contributed by atoms with Gasteiger partial charge in [-0.15, -0.1) is 0 Å². The standard InChI is InChI=1S/C24H27NO2/c1-23-11-9-19-16(5-6-20-22(27)21(26)10-12-24(19,20)2)18(23)8-7-17(23)15-4-3-13-25-14-15/h3-7,13-14,16,18-20H,8-12H2,1-2H3. The van der Waals surface area contributed by atoms with E-state index in [1.165, 1.54) is 11.1 Å². The molecule has 0 spiro atoms. The van der Waals surface area contributed by atoms with Gasteiger partial charge in [0.15, 0.2) is 5.78 Å². The average Bonchev–Trinajstić information content (AvgIpc) is 3.03. The lowest BCUT2D eigenvalue weighted by molar-refractivity contribution is -0.148. The highest BCUT2D eigenvalue weighted by atomic mass is 16.2. The van der Waals surface area contributed by atoms with E-state index in [1.807, 2.05) is 18.5 Å². The van der Waals surface area contributed by atoms with E-state index in [2.05, 4.69) is 43.1 Å². The van der Waals surface area contributed by atoms with Gasteiger partial charge in [0.05, 0.1) is 0 Å². The van der Waals surface area contributed by atoms with Crippen molar-refractivity contribution in [1.29, 1.82) is 0 Å². The van der Waals surface area contributed by atoms with Crippen LogP contribution in [0.3, 0.4) is 0 Å². The molecule has 0 amide bonds. The summed E-state index contributed by atoms with van der Waals surface area (Å²) in [6.45, 7) is 4.70. The molecular formula is C24H27NO2. The van der Waals surface area contributed by atoms with Crippen molar-refractivity contribution in [3.63, 3.8) is 0 Å². The molecule has 4 aliphatic rings. The molecule has 0 aromatic carbocycles. The topological polar surface area (TPSA) is 47.0 Å². The summed E-state index contributed by atoms with van der Waals surface area (Å²) in [5.41, 5.74) is 2.83. The van der Waals surface area contributed by atoms with Crippen LogP contribution in [-0.4, -0.2) is 16.6 Å². The molecule has 1 heterocycles. The Morgan fingerprint density at radius 2 is 1.96 bits per heavy atom. The zero-order chi connectivity index (χ0) is 18.8. The second-order valence-corrected chi connectivity index (χ2v) is 9.50. The van der Waals surface area contributed by atoms with Gasteiger partial charge < -0.3 is 0 Å². The van der Waals surface area contributed by atoms with Crippen LogP contribution < -0.4 is 0 Å². The Labute approximate surface area is 161 Å². The fraction of sp³-hybridized carbons (Fsp3) is 0.542. The SMILES string of the molecule is CC12CCC3C(C=CC4C(=O)C(=O)CCC43C)C1CC=C2c1cccnc1. The van der Waals surface area contributed by atoms with Gasteiger partial charge in [-0.3, -0.25) is 14.6 Å². The van der Waals surface area contributed by atoms with Gasteiger partial charge in [0.1, 0.15) is 0 Å². The van der Waals surface area contributed by atoms with Crippen LogP contribution in [0.2, 0.25) is 0 Å². The Bertz CT molecular complexity index is 870. The van der Waals surface area contributed by atoms with E-state index in [1.54, 1.807) is 0 Å². The minimum absolute atomic E-state index is 0.0528. The highest BCUT2D eigenvalue weighted by Gasteiger charge is 2.59. The summed E-state index contributed by atoms with van der Waals surface area (Å²) in [5, 5.41) is 0. The smallest absolute Gasteiger partial charge is 0.205 e. The molecule has 0 saturated heterocycles. The molecule has 2 fully saturated rings. The van der Waals surface area contributed by atoms with Crippen molar-refractivity contribution in [3.8, 4) is 0 Å². The zero-order valence-corrected chi connectivity index (χ0v) is 16.2. The first-order valence-electron chi connectivity index (χ1n) is 10.3. The van der Waals surface area contributed by atoms with Crippen LogP contribution in [0.1, 0.15) is 51.5 Å². The van der Waals surface area contributed by atoms with Crippen molar-refractivity contribution in [2.24, 2.45) is 34.5 Å². The molecule has 0 aliphatic heterocycles. The molecule has 0 radical (unpaired) electrons. The number of fused-ring (bicyclic) bond motifs is 5. The van der Waals surface area contributed by atoms with Gasteiger partial charge in [-0.1, -0.05) is 38.1 Å². The van der Waals surface area contributed by atoms with Gasteiger partial charge in [-0.2, -0.15) is 0 Å². The van der Waals surface area contributed by atoms with Crippen LogP contribution in [0.4, 0.5) is 0 Å². The van der Waals surface area contributed by atoms with Crippen molar-refractivity contribution in [2.75, 3.05) is 0 Å². The summed E-state index contributed by atoms with van der Waals surface area (Å²) in [6, 6.07) is 4.20. The molecule has 140 valence electrons. The number of Topliss-reactive ketones (excluding diaryl/α,β-unsaturated/α-hetero) is 2. The van der Waals surface area contributed by atoms with E-state index in [0.717, 1.165) is 25.7 Å². The third-order valence-corrected chi connectivity index (χ3v) is 8.42. The van der Waals surface area contributed by atoms with Crippen LogP contribution in [0.25, 0.3) is 5.57 Å². The molecule has 2 saturated carbocycles. The van der Waals surface area contributed by atoms with Gasteiger partial charge >= 0.3 is 0 Å². The van der Waals surface area contributed by atoms with E-state index in [4.69, 9.17) is 0 Å². The molecule has 5 rings (SSSR count). The van der Waals surface area contributed by atoms with Crippen LogP contribution in [0, 0.1) is 34.5 Å². The summed E-state index contributed by atoms with van der Waals surface area (Å²) < 4.78 is 0.